The molecule has 0 aliphatic carbocycles. The van der Waals surface area contributed by atoms with E-state index in [1.54, 1.807) is 0 Å². The van der Waals surface area contributed by atoms with Crippen molar-refractivity contribution in [3.05, 3.63) is 29.8 Å². The molecule has 0 N–H and O–H groups in total. The summed E-state index contributed by atoms with van der Waals surface area (Å²) in [5, 5.41) is 0. The third kappa shape index (κ3) is 3.47. The number of ether oxygens (including phenoxy) is 1. The fraction of sp³-hybridized carbons (Fsp3) is 0.714. The van der Waals surface area contributed by atoms with Gasteiger partial charge in [-0.1, -0.05) is 24.3 Å². The van der Waals surface area contributed by atoms with Crippen molar-refractivity contribution < 1.29 is 14.0 Å². The second-order valence-corrected chi connectivity index (χ2v) is 9.24. The van der Waals surface area contributed by atoms with E-state index in [4.69, 9.17) is 14.0 Å². The summed E-state index contributed by atoms with van der Waals surface area (Å²) in [5.41, 5.74) is 2.08. The molecular weight excluding hydrogens is 325 g/mol. The van der Waals surface area contributed by atoms with Crippen LogP contribution in [-0.4, -0.2) is 48.5 Å². The number of hydrogen-bond donors (Lipinski definition) is 0. The Bertz CT molecular complexity index is 611. The average Bonchev–Trinajstić information content (AvgIpc) is 3.13. The molecule has 0 aromatic heterocycles. The van der Waals surface area contributed by atoms with E-state index >= 15 is 0 Å². The first kappa shape index (κ1) is 18.5. The molecular formula is C21H32BNO3. The van der Waals surface area contributed by atoms with Crippen molar-refractivity contribution in [1.29, 1.82) is 0 Å². The maximum absolute atomic E-state index is 6.15. The minimum atomic E-state index is -0.289. The zero-order chi connectivity index (χ0) is 18.4. The third-order valence-electron chi connectivity index (χ3n) is 6.86. The molecule has 0 atom stereocenters. The third-order valence-corrected chi connectivity index (χ3v) is 6.86. The van der Waals surface area contributed by atoms with Crippen LogP contribution in [0.4, 0.5) is 0 Å². The van der Waals surface area contributed by atoms with Gasteiger partial charge < -0.3 is 14.0 Å². The number of rotatable bonds is 3. The first-order valence-electron chi connectivity index (χ1n) is 10.1. The summed E-state index contributed by atoms with van der Waals surface area (Å²) < 4.78 is 18.3. The van der Waals surface area contributed by atoms with Crippen molar-refractivity contribution in [1.82, 2.24) is 4.90 Å². The monoisotopic (exact) mass is 357 g/mol. The van der Waals surface area contributed by atoms with Crippen LogP contribution in [0.2, 0.25) is 0 Å². The second-order valence-electron chi connectivity index (χ2n) is 9.24. The lowest BCUT2D eigenvalue weighted by Gasteiger charge is -2.38. The van der Waals surface area contributed by atoms with Crippen LogP contribution >= 0.6 is 0 Å². The molecule has 142 valence electrons. The summed E-state index contributed by atoms with van der Waals surface area (Å²) in [6.07, 6.45) is 4.85. The van der Waals surface area contributed by atoms with Gasteiger partial charge in [-0.15, -0.1) is 0 Å². The smallest absolute Gasteiger partial charge is 0.399 e. The fourth-order valence-corrected chi connectivity index (χ4v) is 4.29. The number of hydrogen-bond acceptors (Lipinski definition) is 4. The Kier molecular flexibility index (Phi) is 4.71. The molecule has 1 spiro atoms. The zero-order valence-electron chi connectivity index (χ0n) is 16.7. The fourth-order valence-electron chi connectivity index (χ4n) is 4.29. The highest BCUT2D eigenvalue weighted by Gasteiger charge is 2.51. The van der Waals surface area contributed by atoms with Crippen molar-refractivity contribution in [3.8, 4) is 0 Å². The molecule has 0 unspecified atom stereocenters. The number of benzene rings is 1. The standard InChI is InChI=1S/C21H32BNO3/c1-19(2)20(3,4)26-22(25-19)18-8-6-17(7-9-18)16-23-13-11-21(12-14-23)10-5-15-24-21/h6-9H,5,10-16H2,1-4H3. The van der Waals surface area contributed by atoms with Crippen LogP contribution in [-0.2, 0) is 20.6 Å². The van der Waals surface area contributed by atoms with Gasteiger partial charge >= 0.3 is 7.12 Å². The van der Waals surface area contributed by atoms with Gasteiger partial charge in [0.15, 0.2) is 0 Å². The van der Waals surface area contributed by atoms with Crippen molar-refractivity contribution in [2.75, 3.05) is 19.7 Å². The van der Waals surface area contributed by atoms with Crippen molar-refractivity contribution in [2.24, 2.45) is 0 Å². The molecule has 0 radical (unpaired) electrons. The van der Waals surface area contributed by atoms with Crippen molar-refractivity contribution in [3.63, 3.8) is 0 Å². The van der Waals surface area contributed by atoms with Gasteiger partial charge in [-0.3, -0.25) is 4.90 Å². The van der Waals surface area contributed by atoms with Gasteiger partial charge in [0, 0.05) is 26.2 Å². The highest BCUT2D eigenvalue weighted by atomic mass is 16.7. The predicted octanol–water partition coefficient (Wildman–Crippen LogP) is 3.13. The number of piperidine rings is 1. The van der Waals surface area contributed by atoms with Gasteiger partial charge in [0.25, 0.3) is 0 Å². The average molecular weight is 357 g/mol. The number of nitrogens with zero attached hydrogens (tertiary/aromatic N) is 1. The molecule has 0 amide bonds. The minimum Gasteiger partial charge on any atom is -0.399 e. The van der Waals surface area contributed by atoms with E-state index in [1.165, 1.54) is 31.2 Å². The molecule has 0 saturated carbocycles. The van der Waals surface area contributed by atoms with Crippen LogP contribution in [0, 0.1) is 0 Å². The zero-order valence-corrected chi connectivity index (χ0v) is 16.7. The first-order chi connectivity index (χ1) is 12.3. The van der Waals surface area contributed by atoms with Gasteiger partial charge in [0.1, 0.15) is 0 Å². The van der Waals surface area contributed by atoms with E-state index in [9.17, 15) is 0 Å². The van der Waals surface area contributed by atoms with Crippen molar-refractivity contribution >= 4 is 12.6 Å². The van der Waals surface area contributed by atoms with Crippen LogP contribution < -0.4 is 5.46 Å². The van der Waals surface area contributed by atoms with Crippen LogP contribution in [0.15, 0.2) is 24.3 Å². The van der Waals surface area contributed by atoms with E-state index in [2.05, 4.69) is 56.9 Å². The molecule has 3 aliphatic heterocycles. The molecule has 4 nitrogen and oxygen atoms in total. The predicted molar refractivity (Wildman–Crippen MR) is 105 cm³/mol. The molecule has 0 bridgehead atoms. The van der Waals surface area contributed by atoms with E-state index < -0.39 is 0 Å². The largest absolute Gasteiger partial charge is 0.494 e. The number of likely N-dealkylation sites (tertiary alicyclic amines) is 1. The molecule has 3 fully saturated rings. The van der Waals surface area contributed by atoms with Gasteiger partial charge in [-0.25, -0.2) is 0 Å². The lowest BCUT2D eigenvalue weighted by atomic mass is 9.79. The molecule has 1 aromatic rings. The quantitative estimate of drug-likeness (QED) is 0.778. The summed E-state index contributed by atoms with van der Waals surface area (Å²) in [6, 6.07) is 8.75. The molecule has 26 heavy (non-hydrogen) atoms. The summed E-state index contributed by atoms with van der Waals surface area (Å²) >= 11 is 0. The Morgan fingerprint density at radius 1 is 0.923 bits per heavy atom. The van der Waals surface area contributed by atoms with E-state index in [0.717, 1.165) is 31.7 Å². The van der Waals surface area contributed by atoms with E-state index in [0.29, 0.717) is 0 Å². The molecule has 3 aliphatic rings. The Morgan fingerprint density at radius 3 is 2.08 bits per heavy atom. The van der Waals surface area contributed by atoms with Gasteiger partial charge in [-0.05, 0) is 64.4 Å². The highest BCUT2D eigenvalue weighted by Crippen LogP contribution is 2.37. The maximum Gasteiger partial charge on any atom is 0.494 e. The molecule has 5 heteroatoms. The lowest BCUT2D eigenvalue weighted by molar-refractivity contribution is -0.0447. The van der Waals surface area contributed by atoms with E-state index in [-0.39, 0.29) is 23.9 Å². The van der Waals surface area contributed by atoms with Crippen LogP contribution in [0.3, 0.4) is 0 Å². The summed E-state index contributed by atoms with van der Waals surface area (Å²) in [4.78, 5) is 2.55. The molecule has 4 rings (SSSR count). The molecule has 3 heterocycles. The molecule has 1 aromatic carbocycles. The van der Waals surface area contributed by atoms with Crippen LogP contribution in [0.1, 0.15) is 58.9 Å². The topological polar surface area (TPSA) is 30.9 Å². The minimum absolute atomic E-state index is 0.205. The SMILES string of the molecule is CC1(C)OB(c2ccc(CN3CCC4(CCCO4)CC3)cc2)OC1(C)C. The summed E-state index contributed by atoms with van der Waals surface area (Å²) in [5.74, 6) is 0. The first-order valence-corrected chi connectivity index (χ1v) is 10.1. The Morgan fingerprint density at radius 2 is 1.54 bits per heavy atom. The second kappa shape index (κ2) is 6.63. The Hall–Kier alpha value is -0.875. The maximum atomic E-state index is 6.15. The summed E-state index contributed by atoms with van der Waals surface area (Å²) in [6.45, 7) is 12.6. The summed E-state index contributed by atoms with van der Waals surface area (Å²) in [7, 11) is -0.275. The Balaban J connectivity index is 1.34. The van der Waals surface area contributed by atoms with Crippen molar-refractivity contribution in [2.45, 2.75) is 76.7 Å². The van der Waals surface area contributed by atoms with Gasteiger partial charge in [0.05, 0.1) is 16.8 Å². The highest BCUT2D eigenvalue weighted by molar-refractivity contribution is 6.62. The Labute approximate surface area is 158 Å². The van der Waals surface area contributed by atoms with Gasteiger partial charge in [-0.2, -0.15) is 0 Å². The van der Waals surface area contributed by atoms with E-state index in [1.807, 2.05) is 0 Å². The van der Waals surface area contributed by atoms with Crippen LogP contribution in [0.5, 0.6) is 0 Å². The molecule has 3 saturated heterocycles. The lowest BCUT2D eigenvalue weighted by Crippen LogP contribution is -2.43. The normalized spacial score (nSPS) is 27.3. The van der Waals surface area contributed by atoms with Crippen LogP contribution in [0.25, 0.3) is 0 Å². The van der Waals surface area contributed by atoms with Gasteiger partial charge in [0.2, 0.25) is 0 Å².